The van der Waals surface area contributed by atoms with Crippen LogP contribution in [-0.4, -0.2) is 25.2 Å². The van der Waals surface area contributed by atoms with Crippen LogP contribution in [0.1, 0.15) is 18.5 Å². The van der Waals surface area contributed by atoms with Crippen LogP contribution in [0, 0.1) is 5.82 Å². The van der Waals surface area contributed by atoms with E-state index in [-0.39, 0.29) is 11.7 Å². The molecule has 6 nitrogen and oxygen atoms in total. The smallest absolute Gasteiger partial charge is 0.255 e. The van der Waals surface area contributed by atoms with Gasteiger partial charge in [-0.25, -0.2) is 4.39 Å². The first-order valence-corrected chi connectivity index (χ1v) is 8.91. The first-order valence-electron chi connectivity index (χ1n) is 8.50. The van der Waals surface area contributed by atoms with Gasteiger partial charge < -0.3 is 25.4 Å². The highest BCUT2D eigenvalue weighted by Gasteiger charge is 2.30. The van der Waals surface area contributed by atoms with E-state index in [0.717, 1.165) is 5.56 Å². The van der Waals surface area contributed by atoms with Gasteiger partial charge in [-0.1, -0.05) is 12.1 Å². The largest absolute Gasteiger partial charge is 0.497 e. The summed E-state index contributed by atoms with van der Waals surface area (Å²) in [6, 6.07) is 10.5. The number of carbonyl (C=O) groups excluding carboxylic acids is 1. The average molecular weight is 401 g/mol. The van der Waals surface area contributed by atoms with E-state index < -0.39 is 6.04 Å². The third-order valence-corrected chi connectivity index (χ3v) is 4.59. The number of carbonyl (C=O) groups is 1. The number of nitrogens with one attached hydrogen (secondary N) is 3. The molecule has 3 N–H and O–H groups in total. The molecular weight excluding hydrogens is 381 g/mol. The number of allylic oxidation sites excluding steroid dienone is 1. The predicted octanol–water partition coefficient (Wildman–Crippen LogP) is 3.27. The first kappa shape index (κ1) is 19.6. The van der Waals surface area contributed by atoms with Gasteiger partial charge in [0.2, 0.25) is 0 Å². The summed E-state index contributed by atoms with van der Waals surface area (Å²) in [5.74, 6) is 0.394. The fourth-order valence-corrected chi connectivity index (χ4v) is 3.26. The van der Waals surface area contributed by atoms with E-state index in [1.807, 2.05) is 0 Å². The van der Waals surface area contributed by atoms with E-state index in [0.29, 0.717) is 33.6 Å². The maximum atomic E-state index is 13.3. The Morgan fingerprint density at radius 3 is 2.50 bits per heavy atom. The Kier molecular flexibility index (Phi) is 5.79. The number of benzene rings is 2. The highest BCUT2D eigenvalue weighted by Crippen LogP contribution is 2.32. The van der Waals surface area contributed by atoms with Gasteiger partial charge in [0, 0.05) is 11.8 Å². The summed E-state index contributed by atoms with van der Waals surface area (Å²) in [5, 5.41) is 9.30. The predicted molar refractivity (Wildman–Crippen MR) is 109 cm³/mol. The zero-order valence-corrected chi connectivity index (χ0v) is 16.4. The maximum absolute atomic E-state index is 13.3. The summed E-state index contributed by atoms with van der Waals surface area (Å²) < 4.78 is 23.8. The second kappa shape index (κ2) is 8.26. The topological polar surface area (TPSA) is 71.6 Å². The number of hydrogen-bond donors (Lipinski definition) is 3. The van der Waals surface area contributed by atoms with Gasteiger partial charge >= 0.3 is 0 Å². The molecule has 3 rings (SSSR count). The number of amides is 1. The Labute approximate surface area is 167 Å². The Hall–Kier alpha value is -3.13. The van der Waals surface area contributed by atoms with E-state index in [9.17, 15) is 9.18 Å². The van der Waals surface area contributed by atoms with Crippen LogP contribution < -0.4 is 25.4 Å². The van der Waals surface area contributed by atoms with Gasteiger partial charge in [-0.15, -0.1) is 0 Å². The van der Waals surface area contributed by atoms with Crippen molar-refractivity contribution in [1.29, 1.82) is 0 Å². The van der Waals surface area contributed by atoms with Gasteiger partial charge in [-0.3, -0.25) is 4.79 Å². The van der Waals surface area contributed by atoms with Crippen LogP contribution in [0.5, 0.6) is 11.5 Å². The second-order valence-corrected chi connectivity index (χ2v) is 6.55. The van der Waals surface area contributed by atoms with Crippen molar-refractivity contribution in [2.75, 3.05) is 19.5 Å². The van der Waals surface area contributed by atoms with Crippen LogP contribution in [0.4, 0.5) is 10.1 Å². The molecule has 0 saturated carbocycles. The molecular formula is C20H20FN3O3S. The number of halogens is 1. The lowest BCUT2D eigenvalue weighted by atomic mass is 9.95. The molecule has 1 heterocycles. The van der Waals surface area contributed by atoms with Crippen LogP contribution in [0.15, 0.2) is 53.7 Å². The molecule has 0 spiro atoms. The van der Waals surface area contributed by atoms with E-state index in [4.69, 9.17) is 21.7 Å². The molecule has 28 heavy (non-hydrogen) atoms. The van der Waals surface area contributed by atoms with Crippen molar-refractivity contribution in [1.82, 2.24) is 10.6 Å². The summed E-state index contributed by atoms with van der Waals surface area (Å²) in [4.78, 5) is 13.1. The maximum Gasteiger partial charge on any atom is 0.255 e. The van der Waals surface area contributed by atoms with Crippen LogP contribution in [-0.2, 0) is 4.79 Å². The summed E-state index contributed by atoms with van der Waals surface area (Å²) in [5.41, 5.74) is 2.28. The molecule has 1 amide bonds. The SMILES string of the molecule is COc1ccc(NC(=O)C2=C(C)NC(=S)N[C@@H]2c2ccc(F)cc2)c(OC)c1. The zero-order valence-electron chi connectivity index (χ0n) is 15.6. The molecule has 2 aromatic rings. The lowest BCUT2D eigenvalue weighted by Crippen LogP contribution is -2.45. The van der Waals surface area contributed by atoms with Crippen molar-refractivity contribution in [3.05, 3.63) is 65.1 Å². The molecule has 0 aliphatic carbocycles. The zero-order chi connectivity index (χ0) is 20.3. The Morgan fingerprint density at radius 1 is 1.14 bits per heavy atom. The Bertz CT molecular complexity index is 944. The number of rotatable bonds is 5. The van der Waals surface area contributed by atoms with Crippen molar-refractivity contribution in [2.24, 2.45) is 0 Å². The monoisotopic (exact) mass is 401 g/mol. The summed E-state index contributed by atoms with van der Waals surface area (Å²) >= 11 is 5.23. The van der Waals surface area contributed by atoms with E-state index in [1.165, 1.54) is 19.2 Å². The molecule has 1 aliphatic heterocycles. The summed E-state index contributed by atoms with van der Waals surface area (Å²) in [6.45, 7) is 1.77. The van der Waals surface area contributed by atoms with Crippen LogP contribution in [0.3, 0.4) is 0 Å². The van der Waals surface area contributed by atoms with Gasteiger partial charge in [-0.2, -0.15) is 0 Å². The van der Waals surface area contributed by atoms with Gasteiger partial charge in [0.15, 0.2) is 5.11 Å². The quantitative estimate of drug-likeness (QED) is 0.668. The Balaban J connectivity index is 1.94. The summed E-state index contributed by atoms with van der Waals surface area (Å²) in [6.07, 6.45) is 0. The van der Waals surface area contributed by atoms with Gasteiger partial charge in [0.1, 0.15) is 17.3 Å². The van der Waals surface area contributed by atoms with Crippen molar-refractivity contribution in [2.45, 2.75) is 13.0 Å². The molecule has 8 heteroatoms. The number of thiocarbonyl (C=S) groups is 1. The second-order valence-electron chi connectivity index (χ2n) is 6.14. The normalized spacial score (nSPS) is 16.1. The van der Waals surface area contributed by atoms with Gasteiger partial charge in [-0.05, 0) is 49.0 Å². The highest BCUT2D eigenvalue weighted by atomic mass is 32.1. The number of methoxy groups -OCH3 is 2. The third kappa shape index (κ3) is 4.07. The number of hydrogen-bond acceptors (Lipinski definition) is 4. The minimum atomic E-state index is -0.515. The van der Waals surface area contributed by atoms with Crippen LogP contribution >= 0.6 is 12.2 Å². The van der Waals surface area contributed by atoms with Crippen molar-refractivity contribution < 1.29 is 18.7 Å². The number of ether oxygens (including phenoxy) is 2. The lowest BCUT2D eigenvalue weighted by Gasteiger charge is -2.30. The molecule has 0 unspecified atom stereocenters. The molecule has 0 radical (unpaired) electrons. The lowest BCUT2D eigenvalue weighted by molar-refractivity contribution is -0.113. The molecule has 0 aromatic heterocycles. The van der Waals surface area contributed by atoms with Gasteiger partial charge in [0.25, 0.3) is 5.91 Å². The molecule has 1 aliphatic rings. The fraction of sp³-hybridized carbons (Fsp3) is 0.200. The molecule has 0 fully saturated rings. The summed E-state index contributed by atoms with van der Waals surface area (Å²) in [7, 11) is 3.06. The van der Waals surface area contributed by atoms with Crippen molar-refractivity contribution in [3.8, 4) is 11.5 Å². The van der Waals surface area contributed by atoms with Crippen LogP contribution in [0.25, 0.3) is 0 Å². The minimum absolute atomic E-state index is 0.335. The minimum Gasteiger partial charge on any atom is -0.497 e. The molecule has 2 aromatic carbocycles. The van der Waals surface area contributed by atoms with E-state index in [2.05, 4.69) is 16.0 Å². The Morgan fingerprint density at radius 2 is 1.86 bits per heavy atom. The molecule has 0 bridgehead atoms. The molecule has 0 saturated heterocycles. The first-order chi connectivity index (χ1) is 13.4. The number of anilines is 1. The molecule has 146 valence electrons. The van der Waals surface area contributed by atoms with Crippen molar-refractivity contribution in [3.63, 3.8) is 0 Å². The standard InChI is InChI=1S/C20H20FN3O3S/c1-11-17(18(24-20(28)22-11)12-4-6-13(21)7-5-12)19(25)23-15-9-8-14(26-2)10-16(15)27-3/h4-10,18H,1-3H3,(H,23,25)(H2,22,24,28)/t18-/m1/s1. The third-order valence-electron chi connectivity index (χ3n) is 4.37. The average Bonchev–Trinajstić information content (AvgIpc) is 2.68. The van der Waals surface area contributed by atoms with E-state index >= 15 is 0 Å². The molecule has 1 atom stereocenters. The van der Waals surface area contributed by atoms with Crippen molar-refractivity contribution >= 4 is 28.9 Å². The fourth-order valence-electron chi connectivity index (χ4n) is 2.99. The van der Waals surface area contributed by atoms with E-state index in [1.54, 1.807) is 44.4 Å². The van der Waals surface area contributed by atoms with Crippen LogP contribution in [0.2, 0.25) is 0 Å². The highest BCUT2D eigenvalue weighted by molar-refractivity contribution is 7.80. The van der Waals surface area contributed by atoms with Gasteiger partial charge in [0.05, 0.1) is 31.5 Å².